The van der Waals surface area contributed by atoms with E-state index in [2.05, 4.69) is 39.9 Å². The first-order valence-electron chi connectivity index (χ1n) is 18.4. The Labute approximate surface area is 308 Å². The van der Waals surface area contributed by atoms with Crippen molar-refractivity contribution in [2.75, 3.05) is 5.75 Å². The Kier molecular flexibility index (Phi) is 10.1. The summed E-state index contributed by atoms with van der Waals surface area (Å²) in [5.41, 5.74) is 5.86. The number of carbonyl (C=O) groups is 2. The molecule has 3 aromatic carbocycles. The SMILES string of the molecule is O=C(NCc1cccc(-c2cccc([C@H]3O[C@@H](CSc4ncccc4C(=O)O)C[C@@H](c4ccc(CO)cc4)O3)c2)c1)NC12CC3CC(CC(C3)C1)C2. The summed E-state index contributed by atoms with van der Waals surface area (Å²) in [6.07, 6.45) is 8.38. The molecule has 4 bridgehead atoms. The molecule has 4 aliphatic carbocycles. The van der Waals surface area contributed by atoms with Crippen LogP contribution in [0.15, 0.2) is 96.2 Å². The second kappa shape index (κ2) is 15.0. The average Bonchev–Trinajstić information content (AvgIpc) is 3.16. The largest absolute Gasteiger partial charge is 0.478 e. The van der Waals surface area contributed by atoms with E-state index in [-0.39, 0.29) is 35.9 Å². The number of benzene rings is 3. The van der Waals surface area contributed by atoms with Gasteiger partial charge in [-0.1, -0.05) is 60.7 Å². The van der Waals surface area contributed by atoms with Gasteiger partial charge in [0.2, 0.25) is 0 Å². The lowest BCUT2D eigenvalue weighted by Gasteiger charge is -2.56. The van der Waals surface area contributed by atoms with E-state index in [1.165, 1.54) is 31.0 Å². The van der Waals surface area contributed by atoms with E-state index in [1.54, 1.807) is 18.3 Å². The van der Waals surface area contributed by atoms with Crippen LogP contribution in [0.1, 0.15) is 90.0 Å². The van der Waals surface area contributed by atoms with Crippen molar-refractivity contribution in [3.8, 4) is 11.1 Å². The van der Waals surface area contributed by atoms with Crippen molar-refractivity contribution in [1.29, 1.82) is 0 Å². The van der Waals surface area contributed by atoms with Crippen molar-refractivity contribution in [2.45, 2.75) is 87.2 Å². The van der Waals surface area contributed by atoms with Gasteiger partial charge in [0.25, 0.3) is 0 Å². The van der Waals surface area contributed by atoms with Crippen LogP contribution < -0.4 is 10.6 Å². The lowest BCUT2D eigenvalue weighted by molar-refractivity contribution is -0.245. The Morgan fingerprint density at radius 3 is 2.23 bits per heavy atom. The summed E-state index contributed by atoms with van der Waals surface area (Å²) in [5, 5.41) is 26.3. The third-order valence-electron chi connectivity index (χ3n) is 11.3. The van der Waals surface area contributed by atoms with Gasteiger partial charge in [0.05, 0.1) is 24.4 Å². The highest BCUT2D eigenvalue weighted by Crippen LogP contribution is 2.55. The van der Waals surface area contributed by atoms with Crippen molar-refractivity contribution < 1.29 is 29.3 Å². The molecular formula is C42H45N3O6S. The lowest BCUT2D eigenvalue weighted by atomic mass is 9.53. The van der Waals surface area contributed by atoms with Gasteiger partial charge in [-0.2, -0.15) is 0 Å². The molecule has 5 aliphatic rings. The van der Waals surface area contributed by atoms with Gasteiger partial charge in [-0.3, -0.25) is 0 Å². The van der Waals surface area contributed by atoms with Crippen LogP contribution in [0.5, 0.6) is 0 Å². The number of aromatic nitrogens is 1. The molecule has 9 rings (SSSR count). The number of thioether (sulfide) groups is 1. The van der Waals surface area contributed by atoms with Crippen molar-refractivity contribution in [3.05, 3.63) is 119 Å². The van der Waals surface area contributed by atoms with Crippen LogP contribution in [0.2, 0.25) is 0 Å². The maximum atomic E-state index is 13.1. The third-order valence-corrected chi connectivity index (χ3v) is 12.4. The highest BCUT2D eigenvalue weighted by molar-refractivity contribution is 7.99. The predicted octanol–water partition coefficient (Wildman–Crippen LogP) is 8.04. The minimum absolute atomic E-state index is 0.0240. The highest BCUT2D eigenvalue weighted by atomic mass is 32.2. The standard InChI is InChI=1S/C42H45N3O6S/c46-24-26-9-11-31(12-10-26)37-19-35(25-52-38-36(39(47)48)8-3-13-43-38)50-40(51-37)34-7-2-6-33(18-34)32-5-1-4-27(17-32)23-44-41(49)45-42-20-28-14-29(21-42)16-30(15-28)22-42/h1-13,17-18,28-30,35,37,40,46H,14-16,19-25H2,(H,47,48)(H2,44,45,49)/t28?,29?,30?,35-,37+,40+,42?/m1/s1. The first kappa shape index (κ1) is 34.8. The van der Waals surface area contributed by atoms with Crippen LogP contribution in [0.25, 0.3) is 11.1 Å². The lowest BCUT2D eigenvalue weighted by Crippen LogP contribution is -2.61. The van der Waals surface area contributed by atoms with Crippen molar-refractivity contribution in [2.24, 2.45) is 17.8 Å². The summed E-state index contributed by atoms with van der Waals surface area (Å²) in [7, 11) is 0. The number of nitrogens with zero attached hydrogens (tertiary/aromatic N) is 1. The molecule has 52 heavy (non-hydrogen) atoms. The van der Waals surface area contributed by atoms with Crippen molar-refractivity contribution >= 4 is 23.8 Å². The van der Waals surface area contributed by atoms with Crippen molar-refractivity contribution in [3.63, 3.8) is 0 Å². The van der Waals surface area contributed by atoms with Gasteiger partial charge in [0.15, 0.2) is 6.29 Å². The number of aliphatic hydroxyl groups excluding tert-OH is 1. The summed E-state index contributed by atoms with van der Waals surface area (Å²) in [6, 6.07) is 27.2. The molecule has 2 heterocycles. The van der Waals surface area contributed by atoms with E-state index in [0.717, 1.165) is 70.4 Å². The molecule has 2 amide bonds. The van der Waals surface area contributed by atoms with E-state index in [9.17, 15) is 19.8 Å². The number of pyridine rings is 1. The molecule has 9 nitrogen and oxygen atoms in total. The molecule has 0 spiro atoms. The minimum Gasteiger partial charge on any atom is -0.478 e. The topological polar surface area (TPSA) is 130 Å². The maximum absolute atomic E-state index is 13.1. The van der Waals surface area contributed by atoms with Gasteiger partial charge in [0.1, 0.15) is 5.03 Å². The third kappa shape index (κ3) is 7.76. The van der Waals surface area contributed by atoms with Gasteiger partial charge in [-0.25, -0.2) is 14.6 Å². The quantitative estimate of drug-likeness (QED) is 0.115. The van der Waals surface area contributed by atoms with E-state index >= 15 is 0 Å². The first-order chi connectivity index (χ1) is 25.3. The van der Waals surface area contributed by atoms with E-state index in [0.29, 0.717) is 23.7 Å². The number of urea groups is 1. The van der Waals surface area contributed by atoms with Crippen LogP contribution in [-0.2, 0) is 22.6 Å². The zero-order valence-corrected chi connectivity index (χ0v) is 29.9. The zero-order valence-electron chi connectivity index (χ0n) is 29.1. The smallest absolute Gasteiger partial charge is 0.338 e. The molecule has 1 saturated heterocycles. The van der Waals surface area contributed by atoms with Crippen LogP contribution >= 0.6 is 11.8 Å². The molecule has 10 heteroatoms. The number of carboxylic acids is 1. The average molecular weight is 720 g/mol. The number of nitrogens with one attached hydrogen (secondary N) is 2. The van der Waals surface area contributed by atoms with Gasteiger partial charge < -0.3 is 30.3 Å². The molecule has 4 saturated carbocycles. The number of hydrogen-bond acceptors (Lipinski definition) is 7. The molecule has 1 aromatic heterocycles. The van der Waals surface area contributed by atoms with E-state index < -0.39 is 12.3 Å². The number of carbonyl (C=O) groups excluding carboxylic acids is 1. The molecule has 5 fully saturated rings. The van der Waals surface area contributed by atoms with Crippen LogP contribution in [-0.4, -0.2) is 44.6 Å². The highest BCUT2D eigenvalue weighted by Gasteiger charge is 2.51. The number of aromatic carboxylic acids is 1. The summed E-state index contributed by atoms with van der Waals surface area (Å²) < 4.78 is 13.2. The molecule has 0 radical (unpaired) electrons. The molecule has 3 atom stereocenters. The molecule has 1 aliphatic heterocycles. The molecule has 0 unspecified atom stereocenters. The summed E-state index contributed by atoms with van der Waals surface area (Å²) >= 11 is 1.37. The Bertz CT molecular complexity index is 1880. The molecule has 270 valence electrons. The van der Waals surface area contributed by atoms with Gasteiger partial charge in [0, 0.05) is 36.0 Å². The normalized spacial score (nSPS) is 27.6. The van der Waals surface area contributed by atoms with E-state index in [1.807, 2.05) is 48.5 Å². The second-order valence-electron chi connectivity index (χ2n) is 15.2. The maximum Gasteiger partial charge on any atom is 0.338 e. The Balaban J connectivity index is 0.962. The molecule has 4 N–H and O–H groups in total. The number of amides is 2. The Morgan fingerprint density at radius 2 is 1.52 bits per heavy atom. The zero-order chi connectivity index (χ0) is 35.7. The fourth-order valence-electron chi connectivity index (χ4n) is 9.32. The minimum atomic E-state index is -1.01. The van der Waals surface area contributed by atoms with Gasteiger partial charge in [-0.05, 0) is 108 Å². The van der Waals surface area contributed by atoms with Crippen LogP contribution in [0, 0.1) is 17.8 Å². The number of hydrogen-bond donors (Lipinski definition) is 4. The number of rotatable bonds is 11. The monoisotopic (exact) mass is 719 g/mol. The second-order valence-corrected chi connectivity index (χ2v) is 16.2. The summed E-state index contributed by atoms with van der Waals surface area (Å²) in [5.74, 6) is 1.80. The van der Waals surface area contributed by atoms with Gasteiger partial charge in [-0.15, -0.1) is 11.8 Å². The van der Waals surface area contributed by atoms with Gasteiger partial charge >= 0.3 is 12.0 Å². The number of ether oxygens (including phenoxy) is 2. The number of aliphatic hydroxyl groups is 1. The Morgan fingerprint density at radius 1 is 0.808 bits per heavy atom. The van der Waals surface area contributed by atoms with Crippen LogP contribution in [0.3, 0.4) is 0 Å². The fourth-order valence-corrected chi connectivity index (χ4v) is 10.3. The van der Waals surface area contributed by atoms with Crippen molar-refractivity contribution in [1.82, 2.24) is 15.6 Å². The number of carboxylic acid groups (broad SMARTS) is 1. The van der Waals surface area contributed by atoms with E-state index in [4.69, 9.17) is 9.47 Å². The predicted molar refractivity (Wildman–Crippen MR) is 198 cm³/mol. The summed E-state index contributed by atoms with van der Waals surface area (Å²) in [6.45, 7) is 0.405. The first-order valence-corrected chi connectivity index (χ1v) is 19.4. The fraction of sp³-hybridized carbons (Fsp3) is 0.405. The van der Waals surface area contributed by atoms with Crippen LogP contribution in [0.4, 0.5) is 4.79 Å². The molecule has 4 aromatic rings. The molecular weight excluding hydrogens is 675 g/mol. The summed E-state index contributed by atoms with van der Waals surface area (Å²) in [4.78, 5) is 29.3. The Hall–Kier alpha value is -4.22.